The quantitative estimate of drug-likeness (QED) is 0.825. The summed E-state index contributed by atoms with van der Waals surface area (Å²) in [5, 5.41) is 7.20. The standard InChI is InChI=1S/C16H15F2N7/c1-23-6-11(5-21-23)15-16-14(8-24(19)9-20-16)25(22-15)7-10-2-3-12(17)4-13(10)18/h2-6,8-9,22H,7,19H2,1H3. The van der Waals surface area contributed by atoms with E-state index in [-0.39, 0.29) is 6.54 Å². The fraction of sp³-hybridized carbons (Fsp3) is 0.125. The Kier molecular flexibility index (Phi) is 3.50. The van der Waals surface area contributed by atoms with Gasteiger partial charge in [-0.2, -0.15) is 5.10 Å². The first-order valence-corrected chi connectivity index (χ1v) is 7.52. The molecule has 9 heteroatoms. The monoisotopic (exact) mass is 343 g/mol. The van der Waals surface area contributed by atoms with Crippen molar-refractivity contribution >= 4 is 12.0 Å². The van der Waals surface area contributed by atoms with Crippen molar-refractivity contribution in [2.45, 2.75) is 6.54 Å². The maximum Gasteiger partial charge on any atom is 0.131 e. The third-order valence-corrected chi connectivity index (χ3v) is 3.95. The highest BCUT2D eigenvalue weighted by Gasteiger charge is 2.30. The van der Waals surface area contributed by atoms with Crippen LogP contribution in [0, 0.1) is 11.6 Å². The van der Waals surface area contributed by atoms with Crippen molar-refractivity contribution in [2.24, 2.45) is 17.9 Å². The van der Waals surface area contributed by atoms with E-state index in [2.05, 4.69) is 15.5 Å². The Bertz CT molecular complexity index is 928. The summed E-state index contributed by atoms with van der Waals surface area (Å²) in [4.78, 5) is 4.36. The molecule has 2 aliphatic heterocycles. The van der Waals surface area contributed by atoms with Gasteiger partial charge in [0.15, 0.2) is 0 Å². The number of nitrogens with two attached hydrogens (primary N) is 1. The largest absolute Gasteiger partial charge is 0.295 e. The molecule has 0 saturated heterocycles. The van der Waals surface area contributed by atoms with E-state index in [4.69, 9.17) is 5.84 Å². The van der Waals surface area contributed by atoms with Crippen molar-refractivity contribution in [3.63, 3.8) is 0 Å². The number of nitrogens with zero attached hydrogens (tertiary/aromatic N) is 5. The second-order valence-corrected chi connectivity index (χ2v) is 5.77. The molecule has 0 saturated carbocycles. The van der Waals surface area contributed by atoms with Crippen molar-refractivity contribution in [1.29, 1.82) is 0 Å². The third-order valence-electron chi connectivity index (χ3n) is 3.95. The number of rotatable bonds is 3. The van der Waals surface area contributed by atoms with Crippen LogP contribution in [0.4, 0.5) is 8.78 Å². The Labute approximate surface area is 142 Å². The molecule has 0 unspecified atom stereocenters. The number of fused-ring (bicyclic) bond motifs is 1. The molecule has 0 atom stereocenters. The van der Waals surface area contributed by atoms with E-state index >= 15 is 0 Å². The van der Waals surface area contributed by atoms with Crippen LogP contribution in [-0.2, 0) is 13.6 Å². The molecule has 128 valence electrons. The first kappa shape index (κ1) is 15.3. The number of aromatic nitrogens is 2. The zero-order valence-electron chi connectivity index (χ0n) is 13.3. The molecule has 2 aromatic rings. The number of halogens is 2. The second-order valence-electron chi connectivity index (χ2n) is 5.77. The average molecular weight is 343 g/mol. The van der Waals surface area contributed by atoms with Crippen LogP contribution in [0.15, 0.2) is 53.2 Å². The Morgan fingerprint density at radius 2 is 2.12 bits per heavy atom. The van der Waals surface area contributed by atoms with Gasteiger partial charge in [-0.05, 0) is 6.07 Å². The maximum atomic E-state index is 14.0. The van der Waals surface area contributed by atoms with Gasteiger partial charge in [0.1, 0.15) is 29.4 Å². The van der Waals surface area contributed by atoms with E-state index < -0.39 is 11.6 Å². The summed E-state index contributed by atoms with van der Waals surface area (Å²) in [5.41, 5.74) is 6.50. The molecule has 0 aliphatic carbocycles. The van der Waals surface area contributed by atoms with Crippen molar-refractivity contribution in [3.05, 3.63) is 70.9 Å². The summed E-state index contributed by atoms with van der Waals surface area (Å²) in [6.07, 6.45) is 6.72. The molecule has 0 amide bonds. The minimum atomic E-state index is -0.611. The zero-order chi connectivity index (χ0) is 17.6. The topological polar surface area (TPSA) is 74.7 Å². The molecule has 0 fully saturated rings. The summed E-state index contributed by atoms with van der Waals surface area (Å²) >= 11 is 0. The van der Waals surface area contributed by atoms with Gasteiger partial charge in [0.2, 0.25) is 0 Å². The van der Waals surface area contributed by atoms with Gasteiger partial charge in [0.05, 0.1) is 18.4 Å². The molecule has 2 aliphatic rings. The number of benzene rings is 1. The zero-order valence-corrected chi connectivity index (χ0v) is 13.3. The van der Waals surface area contributed by atoms with Gasteiger partial charge < -0.3 is 0 Å². The lowest BCUT2D eigenvalue weighted by atomic mass is 10.2. The molecular formula is C16H15F2N7. The molecule has 0 bridgehead atoms. The van der Waals surface area contributed by atoms with E-state index in [0.717, 1.165) is 17.3 Å². The smallest absolute Gasteiger partial charge is 0.131 e. The van der Waals surface area contributed by atoms with Gasteiger partial charge in [-0.25, -0.2) is 19.6 Å². The first-order valence-electron chi connectivity index (χ1n) is 7.52. The number of hydrogen-bond donors (Lipinski definition) is 2. The van der Waals surface area contributed by atoms with E-state index in [1.165, 1.54) is 23.5 Å². The van der Waals surface area contributed by atoms with Crippen LogP contribution in [0.25, 0.3) is 5.70 Å². The Balaban J connectivity index is 1.69. The van der Waals surface area contributed by atoms with Crippen LogP contribution in [0.3, 0.4) is 0 Å². The molecule has 1 aromatic heterocycles. The van der Waals surface area contributed by atoms with Crippen molar-refractivity contribution in [3.8, 4) is 0 Å². The predicted molar refractivity (Wildman–Crippen MR) is 87.8 cm³/mol. The fourth-order valence-electron chi connectivity index (χ4n) is 2.76. The normalized spacial score (nSPS) is 16.2. The van der Waals surface area contributed by atoms with Crippen LogP contribution < -0.4 is 11.3 Å². The molecule has 3 N–H and O–H groups in total. The van der Waals surface area contributed by atoms with Crippen LogP contribution in [0.2, 0.25) is 0 Å². The molecule has 3 heterocycles. The molecule has 25 heavy (non-hydrogen) atoms. The molecular weight excluding hydrogens is 328 g/mol. The van der Waals surface area contributed by atoms with Gasteiger partial charge in [-0.3, -0.25) is 20.1 Å². The average Bonchev–Trinajstić information content (AvgIpc) is 3.14. The van der Waals surface area contributed by atoms with Gasteiger partial charge in [0.25, 0.3) is 0 Å². The summed E-state index contributed by atoms with van der Waals surface area (Å²) in [6, 6.07) is 3.51. The lowest BCUT2D eigenvalue weighted by molar-refractivity contribution is 0.297. The van der Waals surface area contributed by atoms with E-state index in [9.17, 15) is 8.78 Å². The van der Waals surface area contributed by atoms with Crippen molar-refractivity contribution < 1.29 is 8.78 Å². The Morgan fingerprint density at radius 1 is 1.28 bits per heavy atom. The van der Waals surface area contributed by atoms with Gasteiger partial charge in [-0.1, -0.05) is 6.07 Å². The van der Waals surface area contributed by atoms with Crippen LogP contribution in [0.5, 0.6) is 0 Å². The number of nitrogens with one attached hydrogen (secondary N) is 1. The number of hydrogen-bond acceptors (Lipinski definition) is 6. The molecule has 7 nitrogen and oxygen atoms in total. The van der Waals surface area contributed by atoms with Crippen LogP contribution in [0.1, 0.15) is 11.1 Å². The van der Waals surface area contributed by atoms with Crippen LogP contribution >= 0.6 is 0 Å². The lowest BCUT2D eigenvalue weighted by Crippen LogP contribution is -2.33. The van der Waals surface area contributed by atoms with Gasteiger partial charge in [0, 0.05) is 36.6 Å². The number of hydrazine groups is 2. The van der Waals surface area contributed by atoms with Crippen molar-refractivity contribution in [1.82, 2.24) is 25.2 Å². The Morgan fingerprint density at radius 3 is 2.84 bits per heavy atom. The summed E-state index contributed by atoms with van der Waals surface area (Å²) in [5.74, 6) is 4.56. The van der Waals surface area contributed by atoms with E-state index in [1.54, 1.807) is 22.1 Å². The van der Waals surface area contributed by atoms with E-state index in [1.807, 2.05) is 13.2 Å². The fourth-order valence-corrected chi connectivity index (χ4v) is 2.76. The number of aryl methyl sites for hydroxylation is 1. The van der Waals surface area contributed by atoms with Crippen LogP contribution in [-0.4, -0.2) is 26.1 Å². The summed E-state index contributed by atoms with van der Waals surface area (Å²) in [6.45, 7) is 0.175. The maximum absolute atomic E-state index is 14.0. The molecule has 0 spiro atoms. The molecule has 4 rings (SSSR count). The van der Waals surface area contributed by atoms with E-state index in [0.29, 0.717) is 17.0 Å². The second kappa shape index (κ2) is 5.71. The van der Waals surface area contributed by atoms with Crippen molar-refractivity contribution in [2.75, 3.05) is 0 Å². The molecule has 1 aromatic carbocycles. The van der Waals surface area contributed by atoms with Gasteiger partial charge in [-0.15, -0.1) is 0 Å². The highest BCUT2D eigenvalue weighted by Crippen LogP contribution is 2.33. The predicted octanol–water partition coefficient (Wildman–Crippen LogP) is 1.45. The Hall–Kier alpha value is -3.20. The number of aliphatic imine (C=N–C) groups is 1. The highest BCUT2D eigenvalue weighted by molar-refractivity contribution is 5.77. The minimum Gasteiger partial charge on any atom is -0.295 e. The lowest BCUT2D eigenvalue weighted by Gasteiger charge is -2.24. The van der Waals surface area contributed by atoms with Gasteiger partial charge >= 0.3 is 0 Å². The minimum absolute atomic E-state index is 0.175. The third kappa shape index (κ3) is 2.74. The summed E-state index contributed by atoms with van der Waals surface area (Å²) < 4.78 is 28.8. The molecule has 0 radical (unpaired) electrons. The SMILES string of the molecule is Cn1cc(C2=C3N=CN(N)C=C3N(Cc3ccc(F)cc3F)N2)cn1. The highest BCUT2D eigenvalue weighted by atomic mass is 19.1. The first-order chi connectivity index (χ1) is 12.0. The summed E-state index contributed by atoms with van der Waals surface area (Å²) in [7, 11) is 1.82.